The van der Waals surface area contributed by atoms with Crippen LogP contribution in [0.3, 0.4) is 0 Å². The van der Waals surface area contributed by atoms with E-state index in [2.05, 4.69) is 0 Å². The lowest BCUT2D eigenvalue weighted by Crippen LogP contribution is -2.49. The van der Waals surface area contributed by atoms with Crippen LogP contribution in [0.2, 0.25) is 0 Å². The summed E-state index contributed by atoms with van der Waals surface area (Å²) >= 11 is 0. The third-order valence-corrected chi connectivity index (χ3v) is 5.94. The topological polar surface area (TPSA) is 52.6 Å². The van der Waals surface area contributed by atoms with Crippen molar-refractivity contribution in [1.82, 2.24) is 0 Å². The predicted molar refractivity (Wildman–Crippen MR) is 103 cm³/mol. The summed E-state index contributed by atoms with van der Waals surface area (Å²) in [7, 11) is 0. The molecule has 0 aliphatic heterocycles. The van der Waals surface area contributed by atoms with Crippen LogP contribution < -0.4 is 0 Å². The lowest BCUT2D eigenvalue weighted by Gasteiger charge is -2.39. The Kier molecular flexibility index (Phi) is 7.06. The molecule has 2 rings (SSSR count). The second-order valence-electron chi connectivity index (χ2n) is 8.96. The maximum atomic E-state index is 12.9. The summed E-state index contributed by atoms with van der Waals surface area (Å²) < 4.78 is 11.9. The smallest absolute Gasteiger partial charge is 0.313 e. The molecule has 0 N–H and O–H groups in total. The molecule has 1 saturated carbocycles. The van der Waals surface area contributed by atoms with Crippen LogP contribution in [0.5, 0.6) is 0 Å². The molecule has 2 aliphatic carbocycles. The minimum Gasteiger partial charge on any atom is -0.456 e. The van der Waals surface area contributed by atoms with E-state index in [0.717, 1.165) is 44.9 Å². The Labute approximate surface area is 158 Å². The molecule has 0 radical (unpaired) electrons. The minimum absolute atomic E-state index is 0.101. The van der Waals surface area contributed by atoms with Gasteiger partial charge in [-0.15, -0.1) is 0 Å². The lowest BCUT2D eigenvalue weighted by molar-refractivity contribution is -0.191. The van der Waals surface area contributed by atoms with Crippen LogP contribution in [0.25, 0.3) is 0 Å². The van der Waals surface area contributed by atoms with Crippen molar-refractivity contribution in [2.24, 2.45) is 11.8 Å². The molecular weight excluding hydrogens is 328 g/mol. The Morgan fingerprint density at radius 1 is 1.00 bits per heavy atom. The third kappa shape index (κ3) is 5.42. The van der Waals surface area contributed by atoms with Gasteiger partial charge in [-0.25, -0.2) is 0 Å². The van der Waals surface area contributed by atoms with E-state index >= 15 is 0 Å². The molecule has 2 aliphatic rings. The Morgan fingerprint density at radius 2 is 1.65 bits per heavy atom. The fourth-order valence-electron chi connectivity index (χ4n) is 3.92. The number of allylic oxidation sites excluding steroid dienone is 1. The second-order valence-corrected chi connectivity index (χ2v) is 8.96. The van der Waals surface area contributed by atoms with Crippen molar-refractivity contribution in [3.63, 3.8) is 0 Å². The third-order valence-electron chi connectivity index (χ3n) is 5.94. The molecule has 0 aromatic rings. The maximum absolute atomic E-state index is 12.9. The summed E-state index contributed by atoms with van der Waals surface area (Å²) in [6, 6.07) is 0. The molecule has 26 heavy (non-hydrogen) atoms. The summed E-state index contributed by atoms with van der Waals surface area (Å²) in [5, 5.41) is 0. The molecule has 4 heteroatoms. The summed E-state index contributed by atoms with van der Waals surface area (Å²) in [6.45, 7) is 9.32. The van der Waals surface area contributed by atoms with E-state index in [1.54, 1.807) is 0 Å². The first-order valence-corrected chi connectivity index (χ1v) is 10.2. The number of ketones is 1. The summed E-state index contributed by atoms with van der Waals surface area (Å²) in [6.07, 6.45) is 11.9. The first-order chi connectivity index (χ1) is 12.1. The molecule has 0 aromatic carbocycles. The Morgan fingerprint density at radius 3 is 2.23 bits per heavy atom. The molecule has 0 spiro atoms. The lowest BCUT2D eigenvalue weighted by atomic mass is 9.80. The molecule has 0 heterocycles. The van der Waals surface area contributed by atoms with Gasteiger partial charge in [0.05, 0.1) is 12.0 Å². The standard InChI is InChI=1S/C22H36O4/c1-16(21(2,3)26-20(24)18-14-10-7-11-15-18)25-22(4,5)19(23)17-12-8-6-9-13-17/h10,14,16-18H,6-9,11-13,15H2,1-5H3. The van der Waals surface area contributed by atoms with Crippen LogP contribution in [0.15, 0.2) is 12.2 Å². The van der Waals surface area contributed by atoms with Crippen molar-refractivity contribution in [2.75, 3.05) is 0 Å². The number of carbonyl (C=O) groups is 2. The highest BCUT2D eigenvalue weighted by molar-refractivity contribution is 5.88. The average Bonchev–Trinajstić information content (AvgIpc) is 2.61. The monoisotopic (exact) mass is 364 g/mol. The minimum atomic E-state index is -0.865. The van der Waals surface area contributed by atoms with Crippen molar-refractivity contribution >= 4 is 11.8 Å². The van der Waals surface area contributed by atoms with Crippen molar-refractivity contribution < 1.29 is 19.1 Å². The maximum Gasteiger partial charge on any atom is 0.313 e. The van der Waals surface area contributed by atoms with Crippen molar-refractivity contribution in [3.05, 3.63) is 12.2 Å². The van der Waals surface area contributed by atoms with E-state index in [-0.39, 0.29) is 29.7 Å². The van der Waals surface area contributed by atoms with Crippen LogP contribution in [0.1, 0.15) is 86.0 Å². The van der Waals surface area contributed by atoms with Crippen LogP contribution in [-0.4, -0.2) is 29.1 Å². The summed E-state index contributed by atoms with van der Waals surface area (Å²) in [5.41, 5.74) is -1.65. The van der Waals surface area contributed by atoms with Crippen LogP contribution in [-0.2, 0) is 19.1 Å². The predicted octanol–water partition coefficient (Wildman–Crippen LogP) is 5.00. The number of hydrogen-bond acceptors (Lipinski definition) is 4. The number of carbonyl (C=O) groups excluding carboxylic acids is 2. The molecule has 0 aromatic heterocycles. The zero-order valence-corrected chi connectivity index (χ0v) is 17.2. The number of esters is 1. The Hall–Kier alpha value is -1.16. The van der Waals surface area contributed by atoms with Gasteiger partial charge in [0.15, 0.2) is 5.78 Å². The van der Waals surface area contributed by atoms with E-state index < -0.39 is 11.2 Å². The summed E-state index contributed by atoms with van der Waals surface area (Å²) in [4.78, 5) is 25.4. The molecule has 0 bridgehead atoms. The zero-order chi connectivity index (χ0) is 19.4. The van der Waals surface area contributed by atoms with E-state index in [1.807, 2.05) is 46.8 Å². The number of rotatable bonds is 7. The molecule has 0 amide bonds. The Bertz CT molecular complexity index is 526. The van der Waals surface area contributed by atoms with Crippen LogP contribution in [0, 0.1) is 11.8 Å². The molecule has 0 saturated heterocycles. The second kappa shape index (κ2) is 8.69. The number of Topliss-reactive ketones (excluding diaryl/α,β-unsaturated/α-hetero) is 1. The normalized spacial score (nSPS) is 23.5. The van der Waals surface area contributed by atoms with Gasteiger partial charge in [0.25, 0.3) is 0 Å². The highest BCUT2D eigenvalue weighted by Crippen LogP contribution is 2.32. The van der Waals surface area contributed by atoms with E-state index in [9.17, 15) is 9.59 Å². The average molecular weight is 365 g/mol. The van der Waals surface area contributed by atoms with E-state index in [0.29, 0.717) is 0 Å². The first-order valence-electron chi connectivity index (χ1n) is 10.2. The fourth-order valence-corrected chi connectivity index (χ4v) is 3.92. The Balaban J connectivity index is 1.95. The molecule has 2 atom stereocenters. The van der Waals surface area contributed by atoms with Crippen molar-refractivity contribution in [2.45, 2.75) is 103 Å². The van der Waals surface area contributed by atoms with Crippen molar-refractivity contribution in [1.29, 1.82) is 0 Å². The molecule has 2 unspecified atom stereocenters. The largest absolute Gasteiger partial charge is 0.456 e. The first kappa shape index (κ1) is 21.1. The molecule has 1 fully saturated rings. The van der Waals surface area contributed by atoms with E-state index in [1.165, 1.54) is 6.42 Å². The van der Waals surface area contributed by atoms with Gasteiger partial charge in [0.1, 0.15) is 11.2 Å². The van der Waals surface area contributed by atoms with Gasteiger partial charge in [-0.05, 0) is 66.7 Å². The van der Waals surface area contributed by atoms with Gasteiger partial charge in [-0.3, -0.25) is 9.59 Å². The van der Waals surface area contributed by atoms with Gasteiger partial charge < -0.3 is 9.47 Å². The molecule has 148 valence electrons. The van der Waals surface area contributed by atoms with Gasteiger partial charge in [0.2, 0.25) is 0 Å². The zero-order valence-electron chi connectivity index (χ0n) is 17.2. The quantitative estimate of drug-likeness (QED) is 0.471. The van der Waals surface area contributed by atoms with Gasteiger partial charge in [-0.2, -0.15) is 0 Å². The summed E-state index contributed by atoms with van der Waals surface area (Å²) in [5.74, 6) is -0.0738. The highest BCUT2D eigenvalue weighted by atomic mass is 16.6. The van der Waals surface area contributed by atoms with Gasteiger partial charge in [-0.1, -0.05) is 31.4 Å². The van der Waals surface area contributed by atoms with Crippen LogP contribution >= 0.6 is 0 Å². The highest BCUT2D eigenvalue weighted by Gasteiger charge is 2.41. The SMILES string of the molecule is CC(OC(C)(C)C(=O)C1CCCCC1)C(C)(C)OC(=O)C1C=CCCC1. The van der Waals surface area contributed by atoms with Crippen LogP contribution in [0.4, 0.5) is 0 Å². The van der Waals surface area contributed by atoms with Gasteiger partial charge in [0, 0.05) is 5.92 Å². The molecular formula is C22H36O4. The molecule has 4 nitrogen and oxygen atoms in total. The fraction of sp³-hybridized carbons (Fsp3) is 0.818. The number of ether oxygens (including phenoxy) is 2. The van der Waals surface area contributed by atoms with Crippen molar-refractivity contribution in [3.8, 4) is 0 Å². The van der Waals surface area contributed by atoms with E-state index in [4.69, 9.17) is 9.47 Å². The van der Waals surface area contributed by atoms with Gasteiger partial charge >= 0.3 is 5.97 Å². The number of hydrogen-bond donors (Lipinski definition) is 0.